The quantitative estimate of drug-likeness (QED) is 0.0199. The van der Waals surface area contributed by atoms with E-state index in [9.17, 15) is 19.5 Å². The molecule has 60 heavy (non-hydrogen) atoms. The highest BCUT2D eigenvalue weighted by molar-refractivity contribution is 5.70. The molecule has 342 valence electrons. The van der Waals surface area contributed by atoms with Crippen LogP contribution in [0.1, 0.15) is 174 Å². The number of nitrogens with zero attached hydrogens (tertiary/aromatic N) is 1. The molecule has 0 aromatic rings. The SMILES string of the molecule is CC/C=C/C=C/C=C/C=C/C=C/CCCC(=O)OCC(COCCC(C(=O)[O-])[N+](C)(C)C)OC(=O)CCCCCCCCC/C=C/C/C=C/CCCCCCCCCCC. The smallest absolute Gasteiger partial charge is 0.306 e. The van der Waals surface area contributed by atoms with E-state index in [0.717, 1.165) is 51.4 Å². The van der Waals surface area contributed by atoms with Gasteiger partial charge in [-0.3, -0.25) is 9.59 Å². The number of aliphatic carboxylic acids is 1. The van der Waals surface area contributed by atoms with E-state index in [2.05, 4.69) is 44.2 Å². The Kier molecular flexibility index (Phi) is 39.8. The zero-order valence-corrected chi connectivity index (χ0v) is 38.8. The summed E-state index contributed by atoms with van der Waals surface area (Å²) in [5.41, 5.74) is 0. The van der Waals surface area contributed by atoms with Gasteiger partial charge in [0.2, 0.25) is 0 Å². The van der Waals surface area contributed by atoms with Crippen molar-refractivity contribution in [1.82, 2.24) is 0 Å². The first-order valence-corrected chi connectivity index (χ1v) is 23.7. The number of carbonyl (C=O) groups excluding carboxylic acids is 3. The predicted octanol–water partition coefficient (Wildman–Crippen LogP) is 12.0. The number of allylic oxidation sites excluding steroid dienone is 14. The van der Waals surface area contributed by atoms with Crippen molar-refractivity contribution in [3.05, 3.63) is 85.1 Å². The van der Waals surface area contributed by atoms with E-state index in [1.165, 1.54) is 83.5 Å². The normalized spacial score (nSPS) is 13.7. The number of carboxylic acid groups (broad SMARTS) is 1. The van der Waals surface area contributed by atoms with Gasteiger partial charge in [0.1, 0.15) is 12.6 Å². The Morgan fingerprint density at radius 1 is 0.533 bits per heavy atom. The molecule has 0 N–H and O–H groups in total. The molecule has 0 fully saturated rings. The average molecular weight is 838 g/mol. The number of ether oxygens (including phenoxy) is 3. The van der Waals surface area contributed by atoms with Gasteiger partial charge in [-0.15, -0.1) is 0 Å². The van der Waals surface area contributed by atoms with Crippen molar-refractivity contribution in [2.75, 3.05) is 41.0 Å². The fourth-order valence-electron chi connectivity index (χ4n) is 6.48. The first kappa shape index (κ1) is 56.5. The van der Waals surface area contributed by atoms with Gasteiger partial charge in [-0.1, -0.05) is 182 Å². The number of likely N-dealkylation sites (N-methyl/N-ethyl adjacent to an activating group) is 1. The topological polar surface area (TPSA) is 102 Å². The van der Waals surface area contributed by atoms with E-state index >= 15 is 0 Å². The van der Waals surface area contributed by atoms with Gasteiger partial charge >= 0.3 is 11.9 Å². The van der Waals surface area contributed by atoms with Crippen LogP contribution in [0.2, 0.25) is 0 Å². The van der Waals surface area contributed by atoms with E-state index in [-0.39, 0.29) is 49.1 Å². The van der Waals surface area contributed by atoms with Crippen LogP contribution in [0, 0.1) is 0 Å². The highest BCUT2D eigenvalue weighted by Gasteiger charge is 2.25. The minimum Gasteiger partial charge on any atom is -0.544 e. The molecule has 2 atom stereocenters. The summed E-state index contributed by atoms with van der Waals surface area (Å²) in [6.45, 7) is 4.42. The van der Waals surface area contributed by atoms with E-state index in [4.69, 9.17) is 14.2 Å². The predicted molar refractivity (Wildman–Crippen MR) is 249 cm³/mol. The largest absolute Gasteiger partial charge is 0.544 e. The maximum Gasteiger partial charge on any atom is 0.306 e. The summed E-state index contributed by atoms with van der Waals surface area (Å²) in [5, 5.41) is 11.6. The molecule has 0 aliphatic rings. The van der Waals surface area contributed by atoms with Crippen molar-refractivity contribution in [3.8, 4) is 0 Å². The van der Waals surface area contributed by atoms with Crippen LogP contribution in [-0.4, -0.2) is 75.5 Å². The maximum absolute atomic E-state index is 12.7. The second-order valence-electron chi connectivity index (χ2n) is 16.7. The Hall–Kier alpha value is -3.49. The van der Waals surface area contributed by atoms with Crippen molar-refractivity contribution < 1.29 is 38.2 Å². The summed E-state index contributed by atoms with van der Waals surface area (Å²) < 4.78 is 17.1. The zero-order valence-electron chi connectivity index (χ0n) is 38.8. The second-order valence-corrected chi connectivity index (χ2v) is 16.7. The van der Waals surface area contributed by atoms with Crippen molar-refractivity contribution in [2.45, 2.75) is 187 Å². The number of esters is 2. The fraction of sp³-hybridized carbons (Fsp3) is 0.673. The minimum atomic E-state index is -1.14. The molecule has 0 heterocycles. The van der Waals surface area contributed by atoms with E-state index in [1.807, 2.05) is 54.7 Å². The molecular formula is C52H87NO7. The van der Waals surface area contributed by atoms with Crippen LogP contribution in [0.3, 0.4) is 0 Å². The Balaban J connectivity index is 4.35. The third-order valence-electron chi connectivity index (χ3n) is 10.1. The van der Waals surface area contributed by atoms with Crippen LogP contribution in [0.25, 0.3) is 0 Å². The zero-order chi connectivity index (χ0) is 44.2. The van der Waals surface area contributed by atoms with Gasteiger partial charge in [0.25, 0.3) is 0 Å². The Morgan fingerprint density at radius 2 is 1.02 bits per heavy atom. The number of quaternary nitrogens is 1. The second kappa shape index (κ2) is 42.2. The Bertz CT molecular complexity index is 1250. The van der Waals surface area contributed by atoms with Gasteiger partial charge in [0.15, 0.2) is 6.10 Å². The number of carboxylic acids is 1. The van der Waals surface area contributed by atoms with Crippen LogP contribution < -0.4 is 5.11 Å². The summed E-state index contributed by atoms with van der Waals surface area (Å²) in [4.78, 5) is 36.9. The molecule has 0 amide bonds. The molecule has 0 rings (SSSR count). The van der Waals surface area contributed by atoms with Crippen molar-refractivity contribution in [2.24, 2.45) is 0 Å². The van der Waals surface area contributed by atoms with Crippen molar-refractivity contribution in [3.63, 3.8) is 0 Å². The minimum absolute atomic E-state index is 0.00989. The molecule has 0 aliphatic heterocycles. The monoisotopic (exact) mass is 838 g/mol. The molecule has 2 unspecified atom stereocenters. The maximum atomic E-state index is 12.7. The molecule has 0 radical (unpaired) electrons. The molecule has 0 spiro atoms. The van der Waals surface area contributed by atoms with Gasteiger partial charge in [0, 0.05) is 19.3 Å². The molecule has 0 saturated carbocycles. The third-order valence-corrected chi connectivity index (χ3v) is 10.1. The van der Waals surface area contributed by atoms with E-state index < -0.39 is 18.1 Å². The lowest BCUT2D eigenvalue weighted by atomic mass is 10.1. The van der Waals surface area contributed by atoms with Gasteiger partial charge in [-0.2, -0.15) is 0 Å². The average Bonchev–Trinajstić information content (AvgIpc) is 3.21. The van der Waals surface area contributed by atoms with Crippen molar-refractivity contribution >= 4 is 17.9 Å². The van der Waals surface area contributed by atoms with Crippen LogP contribution >= 0.6 is 0 Å². The van der Waals surface area contributed by atoms with Crippen LogP contribution in [-0.2, 0) is 28.6 Å². The number of hydrogen-bond acceptors (Lipinski definition) is 7. The molecule has 0 bridgehead atoms. The summed E-state index contributed by atoms with van der Waals surface area (Å²) in [7, 11) is 5.37. The van der Waals surface area contributed by atoms with Crippen molar-refractivity contribution in [1.29, 1.82) is 0 Å². The fourth-order valence-corrected chi connectivity index (χ4v) is 6.48. The van der Waals surface area contributed by atoms with Gasteiger partial charge < -0.3 is 28.6 Å². The van der Waals surface area contributed by atoms with Gasteiger partial charge in [-0.05, 0) is 57.8 Å². The summed E-state index contributed by atoms with van der Waals surface area (Å²) in [6, 6.07) is -0.742. The molecule has 8 heteroatoms. The summed E-state index contributed by atoms with van der Waals surface area (Å²) in [5.74, 6) is -1.85. The first-order valence-electron chi connectivity index (χ1n) is 23.7. The number of hydrogen-bond donors (Lipinski definition) is 0. The molecule has 0 aliphatic carbocycles. The Labute approximate surface area is 367 Å². The third kappa shape index (κ3) is 39.9. The number of carbonyl (C=O) groups is 3. The van der Waals surface area contributed by atoms with Crippen LogP contribution in [0.15, 0.2) is 85.1 Å². The van der Waals surface area contributed by atoms with E-state index in [1.54, 1.807) is 21.1 Å². The lowest BCUT2D eigenvalue weighted by Crippen LogP contribution is -2.55. The highest BCUT2D eigenvalue weighted by Crippen LogP contribution is 2.14. The molecule has 0 saturated heterocycles. The lowest BCUT2D eigenvalue weighted by Gasteiger charge is -2.34. The van der Waals surface area contributed by atoms with E-state index in [0.29, 0.717) is 12.8 Å². The number of rotatable bonds is 41. The lowest BCUT2D eigenvalue weighted by molar-refractivity contribution is -0.889. The Morgan fingerprint density at radius 3 is 1.55 bits per heavy atom. The summed E-state index contributed by atoms with van der Waals surface area (Å²) >= 11 is 0. The molecule has 0 aromatic heterocycles. The summed E-state index contributed by atoms with van der Waals surface area (Å²) in [6.07, 6.45) is 54.9. The first-order chi connectivity index (χ1) is 29.1. The standard InChI is InChI=1S/C52H87NO7/c1-6-8-10-12-14-16-18-20-21-22-23-24-25-26-27-28-29-31-33-35-37-39-41-43-51(55)60-48(46-58-45-44-49(52(56)57)53(3,4)5)47-59-50(54)42-40-38-36-34-32-30-19-17-15-13-11-9-7-2/h9,11,13,15,17,19,23-24,26-27,30,32,34,36,48-49H,6-8,10,12,14,16,18,20-22,25,28-29,31,33,35,37-47H2,1-5H3/b11-9+,15-13+,19-17+,24-23+,27-26+,32-30+,36-34+. The molecular weight excluding hydrogens is 751 g/mol. The molecule has 8 nitrogen and oxygen atoms in total. The van der Waals surface area contributed by atoms with Crippen LogP contribution in [0.5, 0.6) is 0 Å². The van der Waals surface area contributed by atoms with Crippen LogP contribution in [0.4, 0.5) is 0 Å². The van der Waals surface area contributed by atoms with Gasteiger partial charge in [-0.25, -0.2) is 0 Å². The highest BCUT2D eigenvalue weighted by atomic mass is 16.6. The van der Waals surface area contributed by atoms with Gasteiger partial charge in [0.05, 0.1) is 40.3 Å². The molecule has 0 aromatic carbocycles. The number of unbranched alkanes of at least 4 members (excludes halogenated alkanes) is 17.